The lowest BCUT2D eigenvalue weighted by molar-refractivity contribution is -0.458. The SMILES string of the molecule is C[N+](C)(c1ccccc1)c1ccccc1.O=S(=O)(O)C(F)(F)C(F)(F)C(F)(F)C(F)(F)C(F)(F)C(F)(F)C(F)(F)C(F)(F)F. The largest absolute Gasteiger partial charge is 0.460 e. The maximum absolute atomic E-state index is 13.0. The van der Waals surface area contributed by atoms with Gasteiger partial charge in [0.25, 0.3) is 0 Å². The highest BCUT2D eigenvalue weighted by molar-refractivity contribution is 7.87. The molecule has 0 aliphatic heterocycles. The van der Waals surface area contributed by atoms with Gasteiger partial charge in [-0.15, -0.1) is 0 Å². The van der Waals surface area contributed by atoms with Gasteiger partial charge < -0.3 is 0 Å². The molecule has 0 saturated heterocycles. The number of benzene rings is 2. The summed E-state index contributed by atoms with van der Waals surface area (Å²) >= 11 is 0. The Hall–Kier alpha value is -2.88. The van der Waals surface area contributed by atoms with Crippen LogP contribution in [0.4, 0.5) is 86.0 Å². The van der Waals surface area contributed by atoms with E-state index in [1.54, 1.807) is 0 Å². The number of hydrogen-bond acceptors (Lipinski definition) is 2. The van der Waals surface area contributed by atoms with Gasteiger partial charge in [0, 0.05) is 0 Å². The van der Waals surface area contributed by atoms with Crippen LogP contribution in [0.2, 0.25) is 0 Å². The monoisotopic (exact) mass is 698 g/mol. The average Bonchev–Trinajstić information content (AvgIpc) is 2.88. The van der Waals surface area contributed by atoms with Crippen molar-refractivity contribution in [1.29, 1.82) is 0 Å². The molecule has 2 aromatic rings. The fourth-order valence-corrected chi connectivity index (χ4v) is 3.51. The Labute approximate surface area is 236 Å². The molecular formula is C22H17F17NO3S+. The molecular weight excluding hydrogens is 681 g/mol. The zero-order chi connectivity index (χ0) is 35.2. The van der Waals surface area contributed by atoms with Gasteiger partial charge in [0.2, 0.25) is 0 Å². The van der Waals surface area contributed by atoms with Gasteiger partial charge in [0.1, 0.15) is 11.4 Å². The molecule has 0 radical (unpaired) electrons. The van der Waals surface area contributed by atoms with Gasteiger partial charge in [-0.3, -0.25) is 9.04 Å². The van der Waals surface area contributed by atoms with E-state index in [-0.39, 0.29) is 0 Å². The minimum atomic E-state index is -8.89. The number of hydrogen-bond donors (Lipinski definition) is 1. The second-order valence-corrected chi connectivity index (χ2v) is 10.5. The molecule has 22 heteroatoms. The van der Waals surface area contributed by atoms with Gasteiger partial charge in [-0.05, 0) is 24.3 Å². The van der Waals surface area contributed by atoms with Crippen molar-refractivity contribution in [3.8, 4) is 0 Å². The van der Waals surface area contributed by atoms with Gasteiger partial charge in [0.05, 0.1) is 14.1 Å². The van der Waals surface area contributed by atoms with Gasteiger partial charge in [-0.1, -0.05) is 36.4 Å². The zero-order valence-corrected chi connectivity index (χ0v) is 22.1. The van der Waals surface area contributed by atoms with E-state index >= 15 is 0 Å². The standard InChI is InChI=1S/C14H16N.C8HF17O3S/c1-15(2,13-9-5-3-6-10-13)14-11-7-4-8-12-14;9-1(10,3(13,14)5(17,18)7(21,22)23)2(11,12)4(15,16)6(19,20)8(24,25)29(26,27)28/h3-12H,1-2H3;(H,26,27,28)/q+1;. The highest BCUT2D eigenvalue weighted by Crippen LogP contribution is 2.64. The van der Waals surface area contributed by atoms with Crippen LogP contribution in [0.5, 0.6) is 0 Å². The van der Waals surface area contributed by atoms with Crippen LogP contribution >= 0.6 is 0 Å². The van der Waals surface area contributed by atoms with Crippen molar-refractivity contribution in [3.05, 3.63) is 60.7 Å². The molecule has 0 aliphatic rings. The second-order valence-electron chi connectivity index (χ2n) is 9.06. The van der Waals surface area contributed by atoms with Crippen LogP contribution in [-0.2, 0) is 10.1 Å². The number of rotatable bonds is 9. The molecule has 0 unspecified atom stereocenters. The second kappa shape index (κ2) is 11.5. The molecule has 2 aromatic carbocycles. The summed E-state index contributed by atoms with van der Waals surface area (Å²) in [7, 11) is -3.50. The average molecular weight is 698 g/mol. The molecule has 0 amide bonds. The lowest BCUT2D eigenvalue weighted by Gasteiger charge is -2.42. The Morgan fingerprint density at radius 1 is 0.477 bits per heavy atom. The van der Waals surface area contributed by atoms with Crippen molar-refractivity contribution in [3.63, 3.8) is 0 Å². The first-order chi connectivity index (χ1) is 19.2. The van der Waals surface area contributed by atoms with E-state index in [0.29, 0.717) is 0 Å². The third kappa shape index (κ3) is 6.03. The topological polar surface area (TPSA) is 54.4 Å². The van der Waals surface area contributed by atoms with Crippen LogP contribution < -0.4 is 4.48 Å². The molecule has 0 aliphatic carbocycles. The summed E-state index contributed by atoms with van der Waals surface area (Å²) < 4.78 is 243. The first kappa shape index (κ1) is 39.1. The van der Waals surface area contributed by atoms with Crippen LogP contribution in [-0.4, -0.2) is 74.0 Å². The van der Waals surface area contributed by atoms with E-state index in [1.165, 1.54) is 11.4 Å². The van der Waals surface area contributed by atoms with E-state index < -0.39 is 57.1 Å². The predicted molar refractivity (Wildman–Crippen MR) is 118 cm³/mol. The molecule has 0 aromatic heterocycles. The molecule has 252 valence electrons. The van der Waals surface area contributed by atoms with Crippen LogP contribution in [0.25, 0.3) is 0 Å². The van der Waals surface area contributed by atoms with Gasteiger partial charge in [-0.2, -0.15) is 83.1 Å². The van der Waals surface area contributed by atoms with Gasteiger partial charge in [-0.25, -0.2) is 0 Å². The molecule has 2 rings (SSSR count). The number of halogens is 17. The van der Waals surface area contributed by atoms with Crippen molar-refractivity contribution >= 4 is 21.5 Å². The summed E-state index contributed by atoms with van der Waals surface area (Å²) in [6, 6.07) is 21.1. The number of nitrogens with zero attached hydrogens (tertiary/aromatic N) is 1. The fourth-order valence-electron chi connectivity index (χ4n) is 3.06. The van der Waals surface area contributed by atoms with E-state index in [2.05, 4.69) is 74.8 Å². The minimum Gasteiger partial charge on any atom is -0.281 e. The lowest BCUT2D eigenvalue weighted by atomic mass is 9.91. The summed E-state index contributed by atoms with van der Waals surface area (Å²) in [5.74, 6) is -52.0. The minimum absolute atomic E-state index is 0.779. The number of para-hydroxylation sites is 2. The Kier molecular flexibility index (Phi) is 10.2. The van der Waals surface area contributed by atoms with Crippen LogP contribution in [0.1, 0.15) is 0 Å². The summed E-state index contributed by atoms with van der Waals surface area (Å²) in [5, 5.41) is -7.84. The molecule has 0 spiro atoms. The zero-order valence-electron chi connectivity index (χ0n) is 21.3. The van der Waals surface area contributed by atoms with Crippen molar-refractivity contribution in [2.45, 2.75) is 47.0 Å². The first-order valence-corrected chi connectivity index (χ1v) is 12.3. The highest BCUT2D eigenvalue weighted by Gasteiger charge is 2.96. The smallest absolute Gasteiger partial charge is 0.281 e. The van der Waals surface area contributed by atoms with Crippen molar-refractivity contribution in [1.82, 2.24) is 4.48 Å². The van der Waals surface area contributed by atoms with E-state index in [9.17, 15) is 83.1 Å². The Balaban J connectivity index is 0.000000532. The molecule has 1 N–H and O–H groups in total. The molecule has 0 heterocycles. The van der Waals surface area contributed by atoms with Crippen LogP contribution in [0, 0.1) is 0 Å². The van der Waals surface area contributed by atoms with Crippen molar-refractivity contribution in [2.24, 2.45) is 0 Å². The predicted octanol–water partition coefficient (Wildman–Crippen LogP) is 8.43. The maximum atomic E-state index is 13.0. The molecule has 0 fully saturated rings. The molecule has 0 saturated carbocycles. The van der Waals surface area contributed by atoms with Crippen molar-refractivity contribution in [2.75, 3.05) is 14.1 Å². The summed E-state index contributed by atoms with van der Waals surface area (Å²) in [4.78, 5) is 0. The van der Waals surface area contributed by atoms with Gasteiger partial charge in [0.15, 0.2) is 0 Å². The van der Waals surface area contributed by atoms with Crippen LogP contribution in [0.3, 0.4) is 0 Å². The van der Waals surface area contributed by atoms with E-state index in [4.69, 9.17) is 4.55 Å². The molecule has 4 nitrogen and oxygen atoms in total. The first-order valence-electron chi connectivity index (χ1n) is 10.8. The Morgan fingerprint density at radius 3 is 0.977 bits per heavy atom. The quantitative estimate of drug-likeness (QED) is 0.163. The number of quaternary nitrogens is 1. The van der Waals surface area contributed by atoms with E-state index in [0.717, 1.165) is 4.48 Å². The third-order valence-electron chi connectivity index (χ3n) is 5.82. The highest BCUT2D eigenvalue weighted by atomic mass is 32.2. The molecule has 0 atom stereocenters. The fraction of sp³-hybridized carbons (Fsp3) is 0.455. The molecule has 44 heavy (non-hydrogen) atoms. The normalized spacial score (nSPS) is 15.0. The maximum Gasteiger partial charge on any atom is 0.460 e. The van der Waals surface area contributed by atoms with Crippen molar-refractivity contribution < 1.29 is 87.6 Å². The Morgan fingerprint density at radius 2 is 0.727 bits per heavy atom. The van der Waals surface area contributed by atoms with E-state index in [1.807, 2.05) is 0 Å². The summed E-state index contributed by atoms with van der Waals surface area (Å²) in [6.07, 6.45) is -7.88. The summed E-state index contributed by atoms with van der Waals surface area (Å²) in [6.45, 7) is 0. The molecule has 0 bridgehead atoms. The van der Waals surface area contributed by atoms with Gasteiger partial charge >= 0.3 is 57.1 Å². The number of alkyl halides is 17. The van der Waals surface area contributed by atoms with Crippen LogP contribution in [0.15, 0.2) is 60.7 Å². The Bertz CT molecular complexity index is 1340. The summed E-state index contributed by atoms with van der Waals surface area (Å²) in [5.41, 5.74) is 2.59. The lowest BCUT2D eigenvalue weighted by Crippen LogP contribution is -2.74. The third-order valence-corrected chi connectivity index (χ3v) is 6.72.